The molecule has 2 aromatic carbocycles. The van der Waals surface area contributed by atoms with Crippen molar-refractivity contribution >= 4 is 11.6 Å². The molecule has 0 aliphatic rings. The van der Waals surface area contributed by atoms with E-state index in [1.807, 2.05) is 6.92 Å². The molecule has 0 aliphatic heterocycles. The van der Waals surface area contributed by atoms with E-state index in [0.717, 1.165) is 6.54 Å². The van der Waals surface area contributed by atoms with Crippen LogP contribution in [-0.4, -0.2) is 6.54 Å². The van der Waals surface area contributed by atoms with Crippen molar-refractivity contribution in [2.45, 2.75) is 20.1 Å². The van der Waals surface area contributed by atoms with E-state index in [4.69, 9.17) is 16.3 Å². The SMILES string of the molecule is CCNCc1cc(F)ccc1OCc1cccc(F)c1Cl. The zero-order valence-electron chi connectivity index (χ0n) is 11.6. The summed E-state index contributed by atoms with van der Waals surface area (Å²) in [5, 5.41) is 3.17. The first-order valence-corrected chi connectivity index (χ1v) is 7.04. The molecule has 0 atom stereocenters. The minimum Gasteiger partial charge on any atom is -0.489 e. The molecule has 0 radical (unpaired) electrons. The highest BCUT2D eigenvalue weighted by Crippen LogP contribution is 2.24. The van der Waals surface area contributed by atoms with E-state index in [9.17, 15) is 8.78 Å². The summed E-state index contributed by atoms with van der Waals surface area (Å²) in [6, 6.07) is 8.88. The first-order chi connectivity index (χ1) is 10.1. The Hall–Kier alpha value is -1.65. The summed E-state index contributed by atoms with van der Waals surface area (Å²) in [5.41, 5.74) is 1.26. The van der Waals surface area contributed by atoms with Crippen LogP contribution in [0.4, 0.5) is 8.78 Å². The van der Waals surface area contributed by atoms with E-state index < -0.39 is 5.82 Å². The summed E-state index contributed by atoms with van der Waals surface area (Å²) in [4.78, 5) is 0. The van der Waals surface area contributed by atoms with Gasteiger partial charge >= 0.3 is 0 Å². The predicted octanol–water partition coefficient (Wildman–Crippen LogP) is 4.31. The molecule has 1 N–H and O–H groups in total. The Morgan fingerprint density at radius 3 is 2.71 bits per heavy atom. The molecule has 21 heavy (non-hydrogen) atoms. The number of nitrogens with one attached hydrogen (secondary N) is 1. The van der Waals surface area contributed by atoms with E-state index in [2.05, 4.69) is 5.32 Å². The lowest BCUT2D eigenvalue weighted by Crippen LogP contribution is -2.13. The lowest BCUT2D eigenvalue weighted by molar-refractivity contribution is 0.301. The zero-order chi connectivity index (χ0) is 15.2. The van der Waals surface area contributed by atoms with Gasteiger partial charge in [-0.05, 0) is 30.8 Å². The molecule has 0 fully saturated rings. The van der Waals surface area contributed by atoms with E-state index in [0.29, 0.717) is 23.4 Å². The van der Waals surface area contributed by atoms with Crippen molar-refractivity contribution in [3.05, 3.63) is 64.2 Å². The maximum absolute atomic E-state index is 13.4. The van der Waals surface area contributed by atoms with Crippen molar-refractivity contribution in [1.29, 1.82) is 0 Å². The molecule has 112 valence electrons. The molecule has 0 spiro atoms. The van der Waals surface area contributed by atoms with Gasteiger partial charge < -0.3 is 10.1 Å². The largest absolute Gasteiger partial charge is 0.489 e. The number of hydrogen-bond acceptors (Lipinski definition) is 2. The van der Waals surface area contributed by atoms with Gasteiger partial charge in [-0.1, -0.05) is 30.7 Å². The highest BCUT2D eigenvalue weighted by atomic mass is 35.5. The normalized spacial score (nSPS) is 10.7. The van der Waals surface area contributed by atoms with E-state index in [1.54, 1.807) is 18.2 Å². The van der Waals surface area contributed by atoms with Crippen molar-refractivity contribution in [2.75, 3.05) is 6.54 Å². The molecule has 0 saturated heterocycles. The monoisotopic (exact) mass is 311 g/mol. The Balaban J connectivity index is 2.14. The van der Waals surface area contributed by atoms with Crippen LogP contribution in [0.1, 0.15) is 18.1 Å². The van der Waals surface area contributed by atoms with Crippen LogP contribution in [-0.2, 0) is 13.2 Å². The lowest BCUT2D eigenvalue weighted by Gasteiger charge is -2.13. The van der Waals surface area contributed by atoms with Crippen LogP contribution >= 0.6 is 11.6 Å². The Kier molecular flexibility index (Phi) is 5.53. The summed E-state index contributed by atoms with van der Waals surface area (Å²) < 4.78 is 32.3. The van der Waals surface area contributed by atoms with Crippen LogP contribution in [0.25, 0.3) is 0 Å². The molecule has 2 rings (SSSR count). The van der Waals surface area contributed by atoms with Gasteiger partial charge in [0.05, 0.1) is 5.02 Å². The molecule has 0 aliphatic carbocycles. The van der Waals surface area contributed by atoms with E-state index in [-0.39, 0.29) is 17.4 Å². The first kappa shape index (κ1) is 15.7. The number of halogens is 3. The van der Waals surface area contributed by atoms with Crippen molar-refractivity contribution in [3.8, 4) is 5.75 Å². The lowest BCUT2D eigenvalue weighted by atomic mass is 10.2. The topological polar surface area (TPSA) is 21.3 Å². The molecular weight excluding hydrogens is 296 g/mol. The van der Waals surface area contributed by atoms with Crippen LogP contribution in [0, 0.1) is 11.6 Å². The predicted molar refractivity (Wildman–Crippen MR) is 79.5 cm³/mol. The number of hydrogen-bond donors (Lipinski definition) is 1. The number of benzene rings is 2. The summed E-state index contributed by atoms with van der Waals surface area (Å²) in [6.45, 7) is 3.36. The third kappa shape index (κ3) is 4.16. The fraction of sp³-hybridized carbons (Fsp3) is 0.250. The van der Waals surface area contributed by atoms with Gasteiger partial charge in [-0.15, -0.1) is 0 Å². The maximum Gasteiger partial charge on any atom is 0.142 e. The molecule has 2 nitrogen and oxygen atoms in total. The van der Waals surface area contributed by atoms with Gasteiger partial charge in [0.25, 0.3) is 0 Å². The van der Waals surface area contributed by atoms with Crippen LogP contribution < -0.4 is 10.1 Å². The van der Waals surface area contributed by atoms with Crippen LogP contribution in [0.3, 0.4) is 0 Å². The smallest absolute Gasteiger partial charge is 0.142 e. The third-order valence-electron chi connectivity index (χ3n) is 3.00. The Morgan fingerprint density at radius 1 is 1.14 bits per heavy atom. The van der Waals surface area contributed by atoms with Crippen molar-refractivity contribution in [2.24, 2.45) is 0 Å². The average Bonchev–Trinajstić information content (AvgIpc) is 2.48. The summed E-state index contributed by atoms with van der Waals surface area (Å²) in [6.07, 6.45) is 0. The average molecular weight is 312 g/mol. The fourth-order valence-electron chi connectivity index (χ4n) is 1.90. The molecule has 0 unspecified atom stereocenters. The second-order valence-corrected chi connectivity index (χ2v) is 4.91. The Morgan fingerprint density at radius 2 is 1.95 bits per heavy atom. The molecule has 0 amide bonds. The molecule has 2 aromatic rings. The minimum atomic E-state index is -0.482. The maximum atomic E-state index is 13.4. The highest BCUT2D eigenvalue weighted by molar-refractivity contribution is 6.31. The number of ether oxygens (including phenoxy) is 1. The molecule has 0 aromatic heterocycles. The Bertz CT molecular complexity index is 619. The van der Waals surface area contributed by atoms with Crippen LogP contribution in [0.15, 0.2) is 36.4 Å². The summed E-state index contributed by atoms with van der Waals surface area (Å²) in [5.74, 6) is -0.249. The van der Waals surface area contributed by atoms with Crippen molar-refractivity contribution in [1.82, 2.24) is 5.32 Å². The number of rotatable bonds is 6. The molecule has 5 heteroatoms. The van der Waals surface area contributed by atoms with Crippen LogP contribution in [0.2, 0.25) is 5.02 Å². The van der Waals surface area contributed by atoms with Crippen molar-refractivity contribution < 1.29 is 13.5 Å². The van der Waals surface area contributed by atoms with Gasteiger partial charge in [-0.25, -0.2) is 8.78 Å². The van der Waals surface area contributed by atoms with Gasteiger partial charge in [0, 0.05) is 17.7 Å². The van der Waals surface area contributed by atoms with Crippen molar-refractivity contribution in [3.63, 3.8) is 0 Å². The van der Waals surface area contributed by atoms with Crippen LogP contribution in [0.5, 0.6) is 5.75 Å². The summed E-state index contributed by atoms with van der Waals surface area (Å²) in [7, 11) is 0. The Labute approximate surface area is 127 Å². The quantitative estimate of drug-likeness (QED) is 0.858. The summed E-state index contributed by atoms with van der Waals surface area (Å²) >= 11 is 5.88. The van der Waals surface area contributed by atoms with Gasteiger partial charge in [0.2, 0.25) is 0 Å². The van der Waals surface area contributed by atoms with Gasteiger partial charge in [0.1, 0.15) is 24.0 Å². The molecule has 0 bridgehead atoms. The third-order valence-corrected chi connectivity index (χ3v) is 3.43. The standard InChI is InChI=1S/C16H16ClF2NO/c1-2-20-9-12-8-13(18)6-7-15(12)21-10-11-4-3-5-14(19)16(11)17/h3-8,20H,2,9-10H2,1H3. The second-order valence-electron chi connectivity index (χ2n) is 4.53. The zero-order valence-corrected chi connectivity index (χ0v) is 12.4. The van der Waals surface area contributed by atoms with Gasteiger partial charge in [-0.2, -0.15) is 0 Å². The highest BCUT2D eigenvalue weighted by Gasteiger charge is 2.09. The van der Waals surface area contributed by atoms with E-state index in [1.165, 1.54) is 18.2 Å². The minimum absolute atomic E-state index is 0.0489. The second kappa shape index (κ2) is 7.38. The van der Waals surface area contributed by atoms with Gasteiger partial charge in [0.15, 0.2) is 0 Å². The first-order valence-electron chi connectivity index (χ1n) is 6.66. The molecule has 0 saturated carbocycles. The fourth-order valence-corrected chi connectivity index (χ4v) is 2.08. The van der Waals surface area contributed by atoms with E-state index >= 15 is 0 Å². The molecule has 0 heterocycles. The van der Waals surface area contributed by atoms with Gasteiger partial charge in [-0.3, -0.25) is 0 Å². The molecular formula is C16H16ClF2NO.